The van der Waals surface area contributed by atoms with Gasteiger partial charge in [0.15, 0.2) is 11.6 Å². The van der Waals surface area contributed by atoms with Gasteiger partial charge in [0.2, 0.25) is 5.95 Å². The SMILES string of the molecule is O=C(Nc1ccc(OC(F)F)c(F)c1)c1cccnc1F. The van der Waals surface area contributed by atoms with Gasteiger partial charge in [0.1, 0.15) is 0 Å². The van der Waals surface area contributed by atoms with Crippen molar-refractivity contribution in [3.8, 4) is 5.75 Å². The molecule has 8 heteroatoms. The number of alkyl halides is 2. The van der Waals surface area contributed by atoms with Crippen molar-refractivity contribution in [3.05, 3.63) is 53.9 Å². The van der Waals surface area contributed by atoms with E-state index >= 15 is 0 Å². The fourth-order valence-electron chi connectivity index (χ4n) is 1.52. The Balaban J connectivity index is 2.15. The van der Waals surface area contributed by atoms with Crippen LogP contribution in [0.5, 0.6) is 5.75 Å². The summed E-state index contributed by atoms with van der Waals surface area (Å²) in [6.07, 6.45) is 1.17. The van der Waals surface area contributed by atoms with Gasteiger partial charge in [-0.25, -0.2) is 9.37 Å². The number of carbonyl (C=O) groups is 1. The molecule has 0 aliphatic carbocycles. The first kappa shape index (κ1) is 14.8. The maximum atomic E-state index is 13.4. The number of nitrogens with one attached hydrogen (secondary N) is 1. The van der Waals surface area contributed by atoms with Gasteiger partial charge in [0.25, 0.3) is 5.91 Å². The van der Waals surface area contributed by atoms with Crippen molar-refractivity contribution >= 4 is 11.6 Å². The molecule has 1 heterocycles. The van der Waals surface area contributed by atoms with E-state index < -0.39 is 30.0 Å². The molecule has 0 fully saturated rings. The Bertz CT molecular complexity index is 664. The lowest BCUT2D eigenvalue weighted by molar-refractivity contribution is -0.0521. The molecule has 4 nitrogen and oxygen atoms in total. The van der Waals surface area contributed by atoms with Crippen molar-refractivity contribution in [3.63, 3.8) is 0 Å². The highest BCUT2D eigenvalue weighted by molar-refractivity contribution is 6.04. The lowest BCUT2D eigenvalue weighted by Gasteiger charge is -2.09. The number of anilines is 1. The lowest BCUT2D eigenvalue weighted by atomic mass is 10.2. The van der Waals surface area contributed by atoms with Crippen LogP contribution in [0, 0.1) is 11.8 Å². The van der Waals surface area contributed by atoms with Gasteiger partial charge in [-0.15, -0.1) is 0 Å². The van der Waals surface area contributed by atoms with Crippen LogP contribution in [0.3, 0.4) is 0 Å². The van der Waals surface area contributed by atoms with Crippen molar-refractivity contribution in [1.82, 2.24) is 4.98 Å². The second kappa shape index (κ2) is 6.21. The minimum Gasteiger partial charge on any atom is -0.432 e. The van der Waals surface area contributed by atoms with Gasteiger partial charge >= 0.3 is 6.61 Å². The molecule has 0 saturated carbocycles. The number of benzene rings is 1. The van der Waals surface area contributed by atoms with E-state index in [0.29, 0.717) is 0 Å². The highest BCUT2D eigenvalue weighted by atomic mass is 19.3. The van der Waals surface area contributed by atoms with Crippen molar-refractivity contribution < 1.29 is 27.1 Å². The molecule has 2 rings (SSSR count). The van der Waals surface area contributed by atoms with Crippen LogP contribution in [0.1, 0.15) is 10.4 Å². The van der Waals surface area contributed by atoms with Gasteiger partial charge < -0.3 is 10.1 Å². The number of ether oxygens (including phenoxy) is 1. The van der Waals surface area contributed by atoms with Crippen LogP contribution >= 0.6 is 0 Å². The summed E-state index contributed by atoms with van der Waals surface area (Å²) in [6, 6.07) is 5.41. The predicted octanol–water partition coefficient (Wildman–Crippen LogP) is 3.21. The summed E-state index contributed by atoms with van der Waals surface area (Å²) in [4.78, 5) is 15.0. The number of hydrogen-bond donors (Lipinski definition) is 1. The van der Waals surface area contributed by atoms with E-state index in [-0.39, 0.29) is 11.3 Å². The molecule has 0 radical (unpaired) electrons. The molecular formula is C13H8F4N2O2. The first-order chi connectivity index (χ1) is 9.97. The third-order valence-corrected chi connectivity index (χ3v) is 2.41. The molecule has 0 atom stereocenters. The first-order valence-electron chi connectivity index (χ1n) is 5.63. The van der Waals surface area contributed by atoms with Crippen molar-refractivity contribution in [2.75, 3.05) is 5.32 Å². The molecule has 0 spiro atoms. The van der Waals surface area contributed by atoms with Crippen molar-refractivity contribution in [2.24, 2.45) is 0 Å². The average molecular weight is 300 g/mol. The smallest absolute Gasteiger partial charge is 0.387 e. The first-order valence-corrected chi connectivity index (χ1v) is 5.63. The Hall–Kier alpha value is -2.64. The van der Waals surface area contributed by atoms with Crippen LogP contribution in [-0.4, -0.2) is 17.5 Å². The molecule has 0 bridgehead atoms. The number of nitrogens with zero attached hydrogens (tertiary/aromatic N) is 1. The van der Waals surface area contributed by atoms with Gasteiger partial charge in [-0.05, 0) is 24.3 Å². The van der Waals surface area contributed by atoms with E-state index in [0.717, 1.165) is 18.2 Å². The summed E-state index contributed by atoms with van der Waals surface area (Å²) in [5, 5.41) is 2.22. The molecule has 0 aliphatic rings. The highest BCUT2D eigenvalue weighted by Crippen LogP contribution is 2.23. The minimum absolute atomic E-state index is 0.0395. The highest BCUT2D eigenvalue weighted by Gasteiger charge is 2.14. The molecule has 1 N–H and O–H groups in total. The largest absolute Gasteiger partial charge is 0.432 e. The lowest BCUT2D eigenvalue weighted by Crippen LogP contribution is -2.14. The summed E-state index contributed by atoms with van der Waals surface area (Å²) in [7, 11) is 0. The Morgan fingerprint density at radius 3 is 2.62 bits per heavy atom. The van der Waals surface area contributed by atoms with Gasteiger partial charge in [-0.1, -0.05) is 0 Å². The van der Waals surface area contributed by atoms with Gasteiger partial charge in [0.05, 0.1) is 5.56 Å². The van der Waals surface area contributed by atoms with E-state index in [1.54, 1.807) is 0 Å². The monoisotopic (exact) mass is 300 g/mol. The molecule has 1 aromatic heterocycles. The van der Waals surface area contributed by atoms with Gasteiger partial charge in [-0.2, -0.15) is 13.2 Å². The molecule has 110 valence electrons. The van der Waals surface area contributed by atoms with E-state index in [4.69, 9.17) is 0 Å². The fraction of sp³-hybridized carbons (Fsp3) is 0.0769. The second-order valence-corrected chi connectivity index (χ2v) is 3.82. The molecule has 2 aromatic rings. The third-order valence-electron chi connectivity index (χ3n) is 2.41. The zero-order valence-electron chi connectivity index (χ0n) is 10.3. The van der Waals surface area contributed by atoms with E-state index in [1.807, 2.05) is 0 Å². The zero-order valence-corrected chi connectivity index (χ0v) is 10.3. The Morgan fingerprint density at radius 1 is 1.24 bits per heavy atom. The summed E-state index contributed by atoms with van der Waals surface area (Å²) >= 11 is 0. The van der Waals surface area contributed by atoms with Crippen LogP contribution in [-0.2, 0) is 0 Å². The van der Waals surface area contributed by atoms with E-state index in [1.165, 1.54) is 18.3 Å². The van der Waals surface area contributed by atoms with Crippen LogP contribution in [0.4, 0.5) is 23.2 Å². The predicted molar refractivity (Wildman–Crippen MR) is 65.2 cm³/mol. The molecule has 0 saturated heterocycles. The van der Waals surface area contributed by atoms with Crippen LogP contribution < -0.4 is 10.1 Å². The maximum Gasteiger partial charge on any atom is 0.387 e. The van der Waals surface area contributed by atoms with Crippen LogP contribution in [0.15, 0.2) is 36.5 Å². The van der Waals surface area contributed by atoms with E-state index in [9.17, 15) is 22.4 Å². The number of hydrogen-bond acceptors (Lipinski definition) is 3. The molecule has 0 aliphatic heterocycles. The average Bonchev–Trinajstić information content (AvgIpc) is 2.42. The Kier molecular flexibility index (Phi) is 4.36. The number of aromatic nitrogens is 1. The maximum absolute atomic E-state index is 13.4. The molecule has 1 aromatic carbocycles. The van der Waals surface area contributed by atoms with Crippen LogP contribution in [0.2, 0.25) is 0 Å². The normalized spacial score (nSPS) is 10.5. The second-order valence-electron chi connectivity index (χ2n) is 3.82. The number of halogens is 4. The van der Waals surface area contributed by atoms with Crippen LogP contribution in [0.25, 0.3) is 0 Å². The van der Waals surface area contributed by atoms with Crippen molar-refractivity contribution in [2.45, 2.75) is 6.61 Å². The molecular weight excluding hydrogens is 292 g/mol. The number of carbonyl (C=O) groups excluding carboxylic acids is 1. The number of pyridine rings is 1. The summed E-state index contributed by atoms with van der Waals surface area (Å²) in [5.74, 6) is -3.56. The quantitative estimate of drug-likeness (QED) is 0.697. The van der Waals surface area contributed by atoms with Gasteiger partial charge in [-0.3, -0.25) is 4.79 Å². The summed E-state index contributed by atoms with van der Waals surface area (Å²) < 4.78 is 54.6. The Labute approximate surface area is 116 Å². The molecule has 1 amide bonds. The minimum atomic E-state index is -3.16. The summed E-state index contributed by atoms with van der Waals surface area (Å²) in [5.41, 5.74) is -0.367. The number of rotatable bonds is 4. The van der Waals surface area contributed by atoms with Crippen molar-refractivity contribution in [1.29, 1.82) is 0 Å². The Morgan fingerprint density at radius 2 is 2.00 bits per heavy atom. The molecule has 21 heavy (non-hydrogen) atoms. The number of amides is 1. The topological polar surface area (TPSA) is 51.2 Å². The molecule has 0 unspecified atom stereocenters. The van der Waals surface area contributed by atoms with Gasteiger partial charge in [0, 0.05) is 18.0 Å². The summed E-state index contributed by atoms with van der Waals surface area (Å²) in [6.45, 7) is -3.16. The third kappa shape index (κ3) is 3.68. The standard InChI is InChI=1S/C13H8F4N2O2/c14-9-6-7(3-4-10(9)21-13(16)17)19-12(20)8-2-1-5-18-11(8)15/h1-6,13H,(H,19,20). The van der Waals surface area contributed by atoms with E-state index in [2.05, 4.69) is 15.0 Å². The zero-order chi connectivity index (χ0) is 15.4. The fourth-order valence-corrected chi connectivity index (χ4v) is 1.52.